The van der Waals surface area contributed by atoms with Crippen LogP contribution in [-0.4, -0.2) is 23.3 Å². The van der Waals surface area contributed by atoms with Crippen molar-refractivity contribution in [1.82, 2.24) is 20.8 Å². The number of aromatic nitrogens is 2. The number of nitrogens with zero attached hydrogens (tertiary/aromatic N) is 1. The number of carbonyl (C=O) groups excluding carboxylic acids is 1. The molecule has 3 rings (SSSR count). The van der Waals surface area contributed by atoms with Crippen LogP contribution in [0.2, 0.25) is 0 Å². The lowest BCUT2D eigenvalue weighted by Gasteiger charge is -2.20. The Hall–Kier alpha value is -3.35. The number of benzene rings is 2. The fourth-order valence-corrected chi connectivity index (χ4v) is 2.71. The maximum atomic E-state index is 13.2. The van der Waals surface area contributed by atoms with E-state index in [4.69, 9.17) is 4.74 Å². The van der Waals surface area contributed by atoms with Crippen molar-refractivity contribution in [3.05, 3.63) is 83.4 Å². The third-order valence-corrected chi connectivity index (χ3v) is 4.17. The molecule has 1 unspecified atom stereocenters. The minimum absolute atomic E-state index is 0.275. The zero-order valence-corrected chi connectivity index (χ0v) is 14.9. The summed E-state index contributed by atoms with van der Waals surface area (Å²) in [6.45, 7) is 0.345. The van der Waals surface area contributed by atoms with Crippen LogP contribution in [0.15, 0.2) is 60.8 Å². The van der Waals surface area contributed by atoms with Crippen LogP contribution >= 0.6 is 0 Å². The molecule has 6 nitrogen and oxygen atoms in total. The zero-order chi connectivity index (χ0) is 19.1. The number of H-pyrrole nitrogens is 1. The Morgan fingerprint density at radius 1 is 1.15 bits per heavy atom. The van der Waals surface area contributed by atoms with Crippen molar-refractivity contribution in [2.45, 2.75) is 19.0 Å². The second-order valence-electron chi connectivity index (χ2n) is 6.07. The van der Waals surface area contributed by atoms with E-state index in [2.05, 4.69) is 20.8 Å². The summed E-state index contributed by atoms with van der Waals surface area (Å²) in [7, 11) is 1.60. The lowest BCUT2D eigenvalue weighted by Crippen LogP contribution is -2.38. The first kappa shape index (κ1) is 18.4. The topological polar surface area (TPSA) is 79.0 Å². The van der Waals surface area contributed by atoms with E-state index in [1.54, 1.807) is 31.5 Å². The van der Waals surface area contributed by atoms with E-state index in [1.165, 1.54) is 12.1 Å². The fraction of sp³-hybridized carbons (Fsp3) is 0.200. The summed E-state index contributed by atoms with van der Waals surface area (Å²) in [4.78, 5) is 12.3. The first-order valence-corrected chi connectivity index (χ1v) is 8.55. The molecule has 140 valence electrons. The van der Waals surface area contributed by atoms with Gasteiger partial charge in [0.15, 0.2) is 0 Å². The van der Waals surface area contributed by atoms with E-state index in [9.17, 15) is 9.18 Å². The molecule has 0 aliphatic heterocycles. The molecule has 3 aromatic rings. The highest BCUT2D eigenvalue weighted by atomic mass is 19.1. The van der Waals surface area contributed by atoms with E-state index in [-0.39, 0.29) is 17.9 Å². The first-order valence-electron chi connectivity index (χ1n) is 8.55. The average Bonchev–Trinajstić information content (AvgIpc) is 3.21. The molecule has 0 bridgehead atoms. The maximum Gasteiger partial charge on any atom is 0.315 e. The number of carbonyl (C=O) groups is 1. The van der Waals surface area contributed by atoms with Crippen molar-refractivity contribution < 1.29 is 13.9 Å². The highest BCUT2D eigenvalue weighted by Crippen LogP contribution is 2.21. The van der Waals surface area contributed by atoms with Crippen LogP contribution in [0.4, 0.5) is 9.18 Å². The van der Waals surface area contributed by atoms with Crippen LogP contribution in [-0.2, 0) is 13.0 Å². The molecular formula is C20H21FN4O2. The van der Waals surface area contributed by atoms with Gasteiger partial charge in [-0.1, -0.05) is 24.3 Å². The predicted molar refractivity (Wildman–Crippen MR) is 99.8 cm³/mol. The number of nitrogens with one attached hydrogen (secondary N) is 3. The number of urea groups is 1. The second-order valence-corrected chi connectivity index (χ2v) is 6.07. The van der Waals surface area contributed by atoms with Gasteiger partial charge in [-0.2, -0.15) is 5.10 Å². The lowest BCUT2D eigenvalue weighted by molar-refractivity contribution is 0.236. The fourth-order valence-electron chi connectivity index (χ4n) is 2.71. The van der Waals surface area contributed by atoms with Crippen molar-refractivity contribution in [2.75, 3.05) is 7.11 Å². The average molecular weight is 368 g/mol. The normalized spacial score (nSPS) is 11.6. The predicted octanol–water partition coefficient (Wildman–Crippen LogP) is 3.34. The molecule has 0 aliphatic rings. The monoisotopic (exact) mass is 368 g/mol. The molecule has 0 aliphatic carbocycles. The Labute approximate surface area is 156 Å². The number of hydrogen-bond acceptors (Lipinski definition) is 3. The van der Waals surface area contributed by atoms with Crippen molar-refractivity contribution in [3.63, 3.8) is 0 Å². The maximum absolute atomic E-state index is 13.2. The summed E-state index contributed by atoms with van der Waals surface area (Å²) < 4.78 is 18.4. The molecule has 2 amide bonds. The largest absolute Gasteiger partial charge is 0.497 e. The number of halogens is 1. The van der Waals surface area contributed by atoms with Gasteiger partial charge in [-0.05, 0) is 47.9 Å². The van der Waals surface area contributed by atoms with Crippen molar-refractivity contribution >= 4 is 6.03 Å². The van der Waals surface area contributed by atoms with Crippen LogP contribution < -0.4 is 15.4 Å². The van der Waals surface area contributed by atoms with Crippen LogP contribution in [0.5, 0.6) is 5.75 Å². The molecule has 1 aromatic heterocycles. The van der Waals surface area contributed by atoms with Gasteiger partial charge in [-0.25, -0.2) is 9.18 Å². The molecule has 0 radical (unpaired) electrons. The van der Waals surface area contributed by atoms with E-state index in [0.717, 1.165) is 22.6 Å². The Morgan fingerprint density at radius 3 is 2.52 bits per heavy atom. The Balaban J connectivity index is 1.71. The first-order chi connectivity index (χ1) is 13.1. The molecule has 2 aromatic carbocycles. The standard InChI is InChI=1S/C20H21FN4O2/c1-27-18-8-4-15(5-9-18)19(12-14-2-6-16(21)7-3-14)24-20(26)22-13-17-10-11-23-25-17/h2-11,19H,12-13H2,1H3,(H,23,25)(H2,22,24,26). The van der Waals surface area contributed by atoms with Gasteiger partial charge in [0.1, 0.15) is 11.6 Å². The van der Waals surface area contributed by atoms with Gasteiger partial charge in [-0.15, -0.1) is 0 Å². The summed E-state index contributed by atoms with van der Waals surface area (Å²) in [5, 5.41) is 12.4. The number of methoxy groups -OCH3 is 1. The minimum atomic E-state index is -0.299. The van der Waals surface area contributed by atoms with E-state index < -0.39 is 0 Å². The molecule has 7 heteroatoms. The number of aromatic amines is 1. The number of amides is 2. The number of ether oxygens (including phenoxy) is 1. The zero-order valence-electron chi connectivity index (χ0n) is 14.9. The van der Waals surface area contributed by atoms with E-state index >= 15 is 0 Å². The molecular weight excluding hydrogens is 347 g/mol. The lowest BCUT2D eigenvalue weighted by atomic mass is 9.99. The molecule has 27 heavy (non-hydrogen) atoms. The van der Waals surface area contributed by atoms with Gasteiger partial charge in [0, 0.05) is 6.20 Å². The van der Waals surface area contributed by atoms with Gasteiger partial charge in [0.05, 0.1) is 25.4 Å². The summed E-state index contributed by atoms with van der Waals surface area (Å²) in [5.74, 6) is 0.452. The highest BCUT2D eigenvalue weighted by Gasteiger charge is 2.16. The van der Waals surface area contributed by atoms with E-state index in [1.807, 2.05) is 24.3 Å². The van der Waals surface area contributed by atoms with Crippen LogP contribution in [0.3, 0.4) is 0 Å². The van der Waals surface area contributed by atoms with Crippen LogP contribution in [0, 0.1) is 5.82 Å². The van der Waals surface area contributed by atoms with Gasteiger partial charge in [0.2, 0.25) is 0 Å². The van der Waals surface area contributed by atoms with Gasteiger partial charge >= 0.3 is 6.03 Å². The summed E-state index contributed by atoms with van der Waals surface area (Å²) >= 11 is 0. The minimum Gasteiger partial charge on any atom is -0.497 e. The molecule has 1 atom stereocenters. The van der Waals surface area contributed by atoms with Crippen LogP contribution in [0.1, 0.15) is 22.9 Å². The summed E-state index contributed by atoms with van der Waals surface area (Å²) in [6.07, 6.45) is 2.16. The Bertz CT molecular complexity index is 849. The third-order valence-electron chi connectivity index (χ3n) is 4.17. The van der Waals surface area contributed by atoms with Gasteiger partial charge < -0.3 is 15.4 Å². The Kier molecular flexibility index (Phi) is 6.04. The third kappa shape index (κ3) is 5.31. The van der Waals surface area contributed by atoms with E-state index in [0.29, 0.717) is 13.0 Å². The number of rotatable bonds is 7. The summed E-state index contributed by atoms with van der Waals surface area (Å²) in [6, 6.07) is 15.0. The molecule has 0 saturated carbocycles. The molecule has 1 heterocycles. The highest BCUT2D eigenvalue weighted by molar-refractivity contribution is 5.74. The number of hydrogen-bond donors (Lipinski definition) is 3. The molecule has 0 fully saturated rings. The van der Waals surface area contributed by atoms with Crippen LogP contribution in [0.25, 0.3) is 0 Å². The van der Waals surface area contributed by atoms with Gasteiger partial charge in [-0.3, -0.25) is 5.10 Å². The summed E-state index contributed by atoms with van der Waals surface area (Å²) in [5.41, 5.74) is 2.66. The molecule has 0 spiro atoms. The van der Waals surface area contributed by atoms with Gasteiger partial charge in [0.25, 0.3) is 0 Å². The smallest absolute Gasteiger partial charge is 0.315 e. The van der Waals surface area contributed by atoms with Crippen molar-refractivity contribution in [1.29, 1.82) is 0 Å². The molecule has 0 saturated heterocycles. The van der Waals surface area contributed by atoms with Crippen molar-refractivity contribution in [3.8, 4) is 5.75 Å². The second kappa shape index (κ2) is 8.84. The van der Waals surface area contributed by atoms with Crippen molar-refractivity contribution in [2.24, 2.45) is 0 Å². The SMILES string of the molecule is COc1ccc(C(Cc2ccc(F)cc2)NC(=O)NCc2ccn[nH]2)cc1. The quantitative estimate of drug-likeness (QED) is 0.598. The Morgan fingerprint density at radius 2 is 1.89 bits per heavy atom. The molecule has 3 N–H and O–H groups in total.